The van der Waals surface area contributed by atoms with Crippen molar-refractivity contribution < 1.29 is 4.39 Å². The van der Waals surface area contributed by atoms with Crippen molar-refractivity contribution in [3.63, 3.8) is 0 Å². The highest BCUT2D eigenvalue weighted by molar-refractivity contribution is 7.99. The molecule has 24 heavy (non-hydrogen) atoms. The Balaban J connectivity index is 0.00000208. The summed E-state index contributed by atoms with van der Waals surface area (Å²) in [6.07, 6.45) is 1.70. The molecule has 1 aromatic carbocycles. The lowest BCUT2D eigenvalue weighted by Crippen LogP contribution is -2.08. The Morgan fingerprint density at radius 2 is 1.92 bits per heavy atom. The van der Waals surface area contributed by atoms with E-state index in [1.807, 2.05) is 16.1 Å². The topological polar surface area (TPSA) is 87.4 Å². The van der Waals surface area contributed by atoms with E-state index in [9.17, 15) is 4.39 Å². The summed E-state index contributed by atoms with van der Waals surface area (Å²) in [6, 6.07) is 6.19. The second-order valence-corrected chi connectivity index (χ2v) is 5.90. The first-order valence-corrected chi connectivity index (χ1v) is 8.05. The van der Waals surface area contributed by atoms with Crippen molar-refractivity contribution in [2.24, 2.45) is 5.73 Å². The Bertz CT molecular complexity index is 787. The number of benzene rings is 1. The summed E-state index contributed by atoms with van der Waals surface area (Å²) >= 11 is 1.55. The number of aryl methyl sites for hydroxylation is 2. The van der Waals surface area contributed by atoms with Crippen LogP contribution in [-0.2, 0) is 13.1 Å². The van der Waals surface area contributed by atoms with Gasteiger partial charge in [-0.05, 0) is 31.2 Å². The molecule has 0 aliphatic rings. The number of hydrogen-bond donors (Lipinski definition) is 1. The second kappa shape index (κ2) is 8.22. The first-order valence-electron chi connectivity index (χ1n) is 7.06. The van der Waals surface area contributed by atoms with Gasteiger partial charge in [-0.25, -0.2) is 4.39 Å². The SMILES string of the molecule is Cc1nncn1CCSc1nnc(CN)n1-c1ccc(F)cc1.Cl. The van der Waals surface area contributed by atoms with E-state index in [1.54, 1.807) is 30.2 Å². The monoisotopic (exact) mass is 369 g/mol. The number of halogens is 2. The zero-order valence-corrected chi connectivity index (χ0v) is 14.6. The largest absolute Gasteiger partial charge is 0.324 e. The van der Waals surface area contributed by atoms with Gasteiger partial charge in [0.05, 0.1) is 6.54 Å². The molecule has 7 nitrogen and oxygen atoms in total. The maximum atomic E-state index is 13.1. The fraction of sp³-hybridized carbons (Fsp3) is 0.286. The van der Waals surface area contributed by atoms with Crippen molar-refractivity contribution >= 4 is 24.2 Å². The van der Waals surface area contributed by atoms with Crippen LogP contribution in [0.5, 0.6) is 0 Å². The maximum absolute atomic E-state index is 13.1. The summed E-state index contributed by atoms with van der Waals surface area (Å²) in [7, 11) is 0. The molecule has 2 aromatic heterocycles. The third-order valence-corrected chi connectivity index (χ3v) is 4.25. The minimum Gasteiger partial charge on any atom is -0.324 e. The van der Waals surface area contributed by atoms with Gasteiger partial charge >= 0.3 is 0 Å². The number of hydrogen-bond acceptors (Lipinski definition) is 6. The molecule has 0 saturated carbocycles. The van der Waals surface area contributed by atoms with Crippen molar-refractivity contribution in [1.82, 2.24) is 29.5 Å². The van der Waals surface area contributed by atoms with E-state index in [0.717, 1.165) is 29.0 Å². The number of nitrogens with two attached hydrogens (primary N) is 1. The van der Waals surface area contributed by atoms with E-state index in [-0.39, 0.29) is 24.8 Å². The number of rotatable bonds is 6. The Morgan fingerprint density at radius 1 is 1.17 bits per heavy atom. The van der Waals surface area contributed by atoms with Gasteiger partial charge in [-0.15, -0.1) is 32.8 Å². The van der Waals surface area contributed by atoms with Crippen molar-refractivity contribution in [3.8, 4) is 5.69 Å². The van der Waals surface area contributed by atoms with Crippen molar-refractivity contribution in [2.45, 2.75) is 25.2 Å². The van der Waals surface area contributed by atoms with Gasteiger partial charge in [-0.3, -0.25) is 4.57 Å². The normalized spacial score (nSPS) is 10.6. The average Bonchev–Trinajstić information content (AvgIpc) is 3.15. The molecule has 128 valence electrons. The lowest BCUT2D eigenvalue weighted by molar-refractivity contribution is 0.627. The van der Waals surface area contributed by atoms with Gasteiger partial charge in [0.2, 0.25) is 0 Å². The van der Waals surface area contributed by atoms with Gasteiger partial charge in [0.1, 0.15) is 18.0 Å². The second-order valence-electron chi connectivity index (χ2n) is 4.83. The molecule has 0 fully saturated rings. The van der Waals surface area contributed by atoms with Crippen LogP contribution in [0.15, 0.2) is 35.7 Å². The minimum absolute atomic E-state index is 0. The first-order chi connectivity index (χ1) is 11.2. The van der Waals surface area contributed by atoms with Gasteiger partial charge in [-0.1, -0.05) is 11.8 Å². The van der Waals surface area contributed by atoms with E-state index in [2.05, 4.69) is 20.4 Å². The molecule has 3 aromatic rings. The van der Waals surface area contributed by atoms with Crippen LogP contribution in [0.1, 0.15) is 11.6 Å². The van der Waals surface area contributed by atoms with Crippen LogP contribution in [0.2, 0.25) is 0 Å². The summed E-state index contributed by atoms with van der Waals surface area (Å²) < 4.78 is 16.9. The van der Waals surface area contributed by atoms with Crippen LogP contribution in [0, 0.1) is 12.7 Å². The predicted molar refractivity (Wildman–Crippen MR) is 91.9 cm³/mol. The quantitative estimate of drug-likeness (QED) is 0.668. The van der Waals surface area contributed by atoms with Crippen LogP contribution < -0.4 is 5.73 Å². The van der Waals surface area contributed by atoms with Gasteiger partial charge in [0.25, 0.3) is 0 Å². The molecule has 2 heterocycles. The summed E-state index contributed by atoms with van der Waals surface area (Å²) in [5.41, 5.74) is 6.52. The summed E-state index contributed by atoms with van der Waals surface area (Å²) in [5.74, 6) is 2.00. The van der Waals surface area contributed by atoms with Gasteiger partial charge < -0.3 is 10.3 Å². The van der Waals surface area contributed by atoms with Crippen LogP contribution >= 0.6 is 24.2 Å². The van der Waals surface area contributed by atoms with Crippen molar-refractivity contribution in [1.29, 1.82) is 0 Å². The highest BCUT2D eigenvalue weighted by Gasteiger charge is 2.13. The molecule has 0 saturated heterocycles. The Hall–Kier alpha value is -1.97. The molecule has 0 bridgehead atoms. The lowest BCUT2D eigenvalue weighted by atomic mass is 10.3. The molecular weight excluding hydrogens is 353 g/mol. The zero-order chi connectivity index (χ0) is 16.2. The minimum atomic E-state index is -0.284. The zero-order valence-electron chi connectivity index (χ0n) is 13.0. The smallest absolute Gasteiger partial charge is 0.195 e. The van der Waals surface area contributed by atoms with Crippen molar-refractivity contribution in [3.05, 3.63) is 48.1 Å². The Morgan fingerprint density at radius 3 is 2.54 bits per heavy atom. The maximum Gasteiger partial charge on any atom is 0.195 e. The standard InChI is InChI=1S/C14H16FN7S.ClH/c1-10-18-17-9-21(10)6-7-23-14-20-19-13(8-16)22(14)12-4-2-11(15)3-5-12;/h2-5,9H,6-8,16H2,1H3;1H. The van der Waals surface area contributed by atoms with Crippen LogP contribution in [0.3, 0.4) is 0 Å². The predicted octanol–water partition coefficient (Wildman–Crippen LogP) is 1.98. The van der Waals surface area contributed by atoms with E-state index < -0.39 is 0 Å². The molecule has 0 amide bonds. The molecule has 0 atom stereocenters. The van der Waals surface area contributed by atoms with Crippen molar-refractivity contribution in [2.75, 3.05) is 5.75 Å². The third kappa shape index (κ3) is 3.92. The number of nitrogens with zero attached hydrogens (tertiary/aromatic N) is 6. The first kappa shape index (κ1) is 18.4. The summed E-state index contributed by atoms with van der Waals surface area (Å²) in [4.78, 5) is 0. The highest BCUT2D eigenvalue weighted by atomic mass is 35.5. The van der Waals surface area contributed by atoms with E-state index in [4.69, 9.17) is 5.73 Å². The third-order valence-electron chi connectivity index (χ3n) is 3.34. The van der Waals surface area contributed by atoms with Gasteiger partial charge in [0, 0.05) is 18.0 Å². The fourth-order valence-electron chi connectivity index (χ4n) is 2.14. The molecule has 2 N–H and O–H groups in total. The van der Waals surface area contributed by atoms with E-state index >= 15 is 0 Å². The molecule has 0 unspecified atom stereocenters. The van der Waals surface area contributed by atoms with Gasteiger partial charge in [-0.2, -0.15) is 0 Å². The molecule has 0 aliphatic heterocycles. The molecule has 0 aliphatic carbocycles. The van der Waals surface area contributed by atoms with Gasteiger partial charge in [0.15, 0.2) is 11.0 Å². The van der Waals surface area contributed by atoms with Crippen LogP contribution in [0.25, 0.3) is 5.69 Å². The molecule has 0 radical (unpaired) electrons. The van der Waals surface area contributed by atoms with E-state index in [0.29, 0.717) is 5.82 Å². The summed E-state index contributed by atoms with van der Waals surface area (Å²) in [6.45, 7) is 2.93. The molecule has 0 spiro atoms. The molecule has 10 heteroatoms. The van der Waals surface area contributed by atoms with Crippen LogP contribution in [-0.4, -0.2) is 35.3 Å². The number of thioether (sulfide) groups is 1. The number of aromatic nitrogens is 6. The van der Waals surface area contributed by atoms with E-state index in [1.165, 1.54) is 12.1 Å². The fourth-order valence-corrected chi connectivity index (χ4v) is 3.05. The lowest BCUT2D eigenvalue weighted by Gasteiger charge is -2.09. The molecular formula is C14H17ClFN7S. The molecule has 3 rings (SSSR count). The average molecular weight is 370 g/mol. The highest BCUT2D eigenvalue weighted by Crippen LogP contribution is 2.22. The summed E-state index contributed by atoms with van der Waals surface area (Å²) in [5, 5.41) is 16.8. The van der Waals surface area contributed by atoms with Crippen LogP contribution in [0.4, 0.5) is 4.39 Å². The Kier molecular flexibility index (Phi) is 6.29. The Labute approximate surface area is 148 Å².